The van der Waals surface area contributed by atoms with Crippen LogP contribution in [0.4, 0.5) is 18.4 Å². The molecule has 0 aliphatic carbocycles. The van der Waals surface area contributed by atoms with Crippen molar-refractivity contribution in [2.45, 2.75) is 11.9 Å². The fraction of sp³-hybridized carbons (Fsp3) is 0.222. The number of esters is 1. The quantitative estimate of drug-likeness (QED) is 0.353. The number of nitrogens with zero attached hydrogens (tertiary/aromatic N) is 1. The van der Waals surface area contributed by atoms with Crippen molar-refractivity contribution in [3.05, 3.63) is 39.9 Å². The molecule has 0 aliphatic rings. The zero-order valence-corrected chi connectivity index (χ0v) is 10.3. The molecular formula is C9H6F3NO6S. The minimum absolute atomic E-state index is 0.0420. The average Bonchev–Trinajstić information content (AvgIpc) is 2.34. The van der Waals surface area contributed by atoms with Crippen LogP contribution in [0.1, 0.15) is 5.56 Å². The van der Waals surface area contributed by atoms with Crippen molar-refractivity contribution in [1.82, 2.24) is 0 Å². The molecule has 1 aromatic rings. The highest BCUT2D eigenvalue weighted by Crippen LogP contribution is 2.25. The van der Waals surface area contributed by atoms with Crippen LogP contribution in [0.3, 0.4) is 0 Å². The molecule has 1 aromatic carbocycles. The SMILES string of the molecule is O=C(OCc1cccc([N+](=O)[O-])c1)C(F)(F)S(=O)(=O)F. The van der Waals surface area contributed by atoms with Crippen molar-refractivity contribution < 1.29 is 35.5 Å². The Morgan fingerprint density at radius 3 is 2.50 bits per heavy atom. The summed E-state index contributed by atoms with van der Waals surface area (Å²) in [5.74, 6) is -2.61. The molecule has 0 bridgehead atoms. The molecular weight excluding hydrogens is 307 g/mol. The monoisotopic (exact) mass is 313 g/mol. The molecule has 0 atom stereocenters. The van der Waals surface area contributed by atoms with Gasteiger partial charge < -0.3 is 4.74 Å². The van der Waals surface area contributed by atoms with Crippen molar-refractivity contribution in [3.63, 3.8) is 0 Å². The van der Waals surface area contributed by atoms with E-state index in [1.165, 1.54) is 12.1 Å². The highest BCUT2D eigenvalue weighted by Gasteiger charge is 2.55. The molecule has 20 heavy (non-hydrogen) atoms. The lowest BCUT2D eigenvalue weighted by molar-refractivity contribution is -0.384. The van der Waals surface area contributed by atoms with Crippen LogP contribution >= 0.6 is 0 Å². The molecule has 0 aliphatic heterocycles. The molecule has 0 unspecified atom stereocenters. The Balaban J connectivity index is 2.80. The molecule has 110 valence electrons. The number of benzene rings is 1. The minimum Gasteiger partial charge on any atom is -0.455 e. The van der Waals surface area contributed by atoms with E-state index in [2.05, 4.69) is 4.74 Å². The molecule has 0 saturated carbocycles. The molecule has 0 saturated heterocycles. The first-order chi connectivity index (χ1) is 9.05. The summed E-state index contributed by atoms with van der Waals surface area (Å²) in [7, 11) is -6.44. The van der Waals surface area contributed by atoms with Gasteiger partial charge in [-0.05, 0) is 5.56 Å². The van der Waals surface area contributed by atoms with Gasteiger partial charge in [0.1, 0.15) is 6.61 Å². The van der Waals surface area contributed by atoms with Crippen LogP contribution < -0.4 is 0 Å². The maximum absolute atomic E-state index is 12.7. The van der Waals surface area contributed by atoms with Gasteiger partial charge in [-0.15, -0.1) is 0 Å². The third kappa shape index (κ3) is 3.44. The summed E-state index contributed by atoms with van der Waals surface area (Å²) in [6.45, 7) is -0.869. The number of carbonyl (C=O) groups is 1. The van der Waals surface area contributed by atoms with Gasteiger partial charge in [-0.2, -0.15) is 17.2 Å². The molecule has 0 aromatic heterocycles. The Morgan fingerprint density at radius 1 is 1.40 bits per heavy atom. The lowest BCUT2D eigenvalue weighted by atomic mass is 10.2. The second-order valence-corrected chi connectivity index (χ2v) is 4.85. The van der Waals surface area contributed by atoms with E-state index >= 15 is 0 Å². The van der Waals surface area contributed by atoms with Crippen LogP contribution in [0.5, 0.6) is 0 Å². The molecule has 0 radical (unpaired) electrons. The van der Waals surface area contributed by atoms with E-state index in [9.17, 15) is 36.0 Å². The van der Waals surface area contributed by atoms with Crippen molar-refractivity contribution in [3.8, 4) is 0 Å². The van der Waals surface area contributed by atoms with Crippen molar-refractivity contribution in [2.24, 2.45) is 0 Å². The average molecular weight is 313 g/mol. The van der Waals surface area contributed by atoms with Crippen LogP contribution in [0.2, 0.25) is 0 Å². The summed E-state index contributed by atoms with van der Waals surface area (Å²) < 4.78 is 61.5. The van der Waals surface area contributed by atoms with Gasteiger partial charge in [-0.1, -0.05) is 16.0 Å². The summed E-state index contributed by atoms with van der Waals surface area (Å²) in [5, 5.41) is 5.11. The number of rotatable bonds is 5. The summed E-state index contributed by atoms with van der Waals surface area (Å²) in [6.07, 6.45) is 0. The first-order valence-electron chi connectivity index (χ1n) is 4.78. The Morgan fingerprint density at radius 2 is 2.00 bits per heavy atom. The van der Waals surface area contributed by atoms with Crippen LogP contribution in [0, 0.1) is 10.1 Å². The van der Waals surface area contributed by atoms with E-state index in [4.69, 9.17) is 0 Å². The zero-order chi connectivity index (χ0) is 15.6. The Kier molecular flexibility index (Phi) is 4.33. The topological polar surface area (TPSA) is 104 Å². The Hall–Kier alpha value is -2.17. The second-order valence-electron chi connectivity index (χ2n) is 3.46. The lowest BCUT2D eigenvalue weighted by Gasteiger charge is -2.10. The molecule has 11 heteroatoms. The van der Waals surface area contributed by atoms with Gasteiger partial charge in [0.25, 0.3) is 5.69 Å². The Labute approximate surface area is 110 Å². The Bertz CT molecular complexity index is 645. The number of non-ortho nitro benzene ring substituents is 1. The van der Waals surface area contributed by atoms with Crippen molar-refractivity contribution in [2.75, 3.05) is 0 Å². The predicted molar refractivity (Wildman–Crippen MR) is 57.9 cm³/mol. The lowest BCUT2D eigenvalue weighted by Crippen LogP contribution is -2.36. The van der Waals surface area contributed by atoms with Crippen molar-refractivity contribution in [1.29, 1.82) is 0 Å². The fourth-order valence-corrected chi connectivity index (χ4v) is 1.35. The van der Waals surface area contributed by atoms with Crippen LogP contribution in [0.25, 0.3) is 0 Å². The van der Waals surface area contributed by atoms with Gasteiger partial charge >= 0.3 is 21.4 Å². The van der Waals surface area contributed by atoms with E-state index < -0.39 is 33.0 Å². The van der Waals surface area contributed by atoms with Crippen molar-refractivity contribution >= 4 is 21.9 Å². The van der Waals surface area contributed by atoms with E-state index in [-0.39, 0.29) is 11.3 Å². The maximum atomic E-state index is 12.7. The first kappa shape index (κ1) is 15.9. The molecule has 0 N–H and O–H groups in total. The molecule has 0 amide bonds. The molecule has 1 rings (SSSR count). The number of alkyl halides is 2. The molecule has 0 fully saturated rings. The van der Waals surface area contributed by atoms with Gasteiger partial charge in [-0.25, -0.2) is 4.79 Å². The number of ether oxygens (including phenoxy) is 1. The predicted octanol–water partition coefficient (Wildman–Crippen LogP) is 1.53. The number of carbonyl (C=O) groups excluding carboxylic acids is 1. The van der Waals surface area contributed by atoms with Crippen LogP contribution in [-0.4, -0.2) is 24.6 Å². The number of nitro groups is 1. The first-order valence-corrected chi connectivity index (χ1v) is 6.16. The van der Waals surface area contributed by atoms with Gasteiger partial charge in [0.2, 0.25) is 0 Å². The third-order valence-electron chi connectivity index (χ3n) is 2.04. The van der Waals surface area contributed by atoms with Gasteiger partial charge in [0.05, 0.1) is 4.92 Å². The standard InChI is InChI=1S/C9H6F3NO6S/c10-9(11,20(12,17)18)8(14)19-5-6-2-1-3-7(4-6)13(15)16/h1-4H,5H2. The summed E-state index contributed by atoms with van der Waals surface area (Å²) in [5.41, 5.74) is -0.428. The highest BCUT2D eigenvalue weighted by molar-refractivity contribution is 7.88. The minimum atomic E-state index is -6.44. The number of hydrogen-bond donors (Lipinski definition) is 0. The fourth-order valence-electron chi connectivity index (χ4n) is 1.09. The normalized spacial score (nSPS) is 11.9. The number of nitro benzene ring substituents is 1. The van der Waals surface area contributed by atoms with E-state index in [1.54, 1.807) is 0 Å². The molecule has 0 heterocycles. The third-order valence-corrected chi connectivity index (χ3v) is 2.81. The molecule has 0 spiro atoms. The van der Waals surface area contributed by atoms with Crippen LogP contribution in [-0.2, 0) is 26.4 Å². The number of halogens is 3. The summed E-state index contributed by atoms with van der Waals surface area (Å²) in [6, 6.07) is 4.44. The largest absolute Gasteiger partial charge is 0.470 e. The molecule has 7 nitrogen and oxygen atoms in total. The summed E-state index contributed by atoms with van der Waals surface area (Å²) in [4.78, 5) is 20.4. The van der Waals surface area contributed by atoms with E-state index in [1.807, 2.05) is 0 Å². The number of hydrogen-bond acceptors (Lipinski definition) is 6. The van der Waals surface area contributed by atoms with Crippen LogP contribution in [0.15, 0.2) is 24.3 Å². The van der Waals surface area contributed by atoms with Gasteiger partial charge in [0, 0.05) is 12.1 Å². The maximum Gasteiger partial charge on any atom is 0.470 e. The van der Waals surface area contributed by atoms with Gasteiger partial charge in [-0.3, -0.25) is 10.1 Å². The second kappa shape index (κ2) is 5.45. The van der Waals surface area contributed by atoms with Gasteiger partial charge in [0.15, 0.2) is 0 Å². The van der Waals surface area contributed by atoms with E-state index in [0.29, 0.717) is 0 Å². The zero-order valence-electron chi connectivity index (χ0n) is 9.46. The summed E-state index contributed by atoms with van der Waals surface area (Å²) >= 11 is 0. The van der Waals surface area contributed by atoms with E-state index in [0.717, 1.165) is 12.1 Å². The highest BCUT2D eigenvalue weighted by atomic mass is 32.3. The smallest absolute Gasteiger partial charge is 0.455 e.